The van der Waals surface area contributed by atoms with Crippen LogP contribution in [0.5, 0.6) is 5.75 Å². The summed E-state index contributed by atoms with van der Waals surface area (Å²) in [5, 5.41) is 12.3. The average Bonchev–Trinajstić information content (AvgIpc) is 3.23. The van der Waals surface area contributed by atoms with Gasteiger partial charge >= 0.3 is 6.09 Å². The molecule has 38 heavy (non-hydrogen) atoms. The maximum Gasteiger partial charge on any atom is 0.411 e. The Bertz CT molecular complexity index is 1020. The van der Waals surface area contributed by atoms with Crippen molar-refractivity contribution in [2.45, 2.75) is 111 Å². The van der Waals surface area contributed by atoms with E-state index in [0.717, 1.165) is 54.8 Å². The van der Waals surface area contributed by atoms with Crippen molar-refractivity contribution in [1.82, 2.24) is 0 Å². The molecule has 0 heterocycles. The molecule has 1 aromatic rings. The van der Waals surface area contributed by atoms with Gasteiger partial charge in [-0.2, -0.15) is 0 Å². The summed E-state index contributed by atoms with van der Waals surface area (Å²) in [7, 11) is 0. The molecule has 1 aromatic carbocycles. The highest BCUT2D eigenvalue weighted by Crippen LogP contribution is 2.67. The molecule has 210 valence electrons. The zero-order valence-electron chi connectivity index (χ0n) is 24.5. The molecule has 0 aliphatic heterocycles. The Hall–Kier alpha value is -1.97. The van der Waals surface area contributed by atoms with Crippen LogP contribution in [0.2, 0.25) is 0 Å². The maximum atomic E-state index is 12.6. The number of nitrogens with one attached hydrogen (secondary N) is 1. The number of fused-ring (bicyclic) bond motifs is 5. The minimum absolute atomic E-state index is 0.0561. The van der Waals surface area contributed by atoms with Crippen LogP contribution in [0.3, 0.4) is 0 Å². The molecule has 0 radical (unpaired) electrons. The fraction of sp³-hybridized carbons (Fsp3) is 0.735. The number of carbonyl (C=O) groups excluding carboxylic acids is 1. The van der Waals surface area contributed by atoms with Crippen molar-refractivity contribution >= 4 is 11.8 Å². The Labute approximate surface area is 231 Å². The van der Waals surface area contributed by atoms with Crippen molar-refractivity contribution in [3.8, 4) is 5.75 Å². The van der Waals surface area contributed by atoms with Gasteiger partial charge in [-0.15, -0.1) is 0 Å². The van der Waals surface area contributed by atoms with E-state index in [-0.39, 0.29) is 17.3 Å². The number of amides is 1. The molecule has 1 amide bonds. The highest BCUT2D eigenvalue weighted by molar-refractivity contribution is 5.84. The number of anilines is 1. The molecule has 3 saturated carbocycles. The van der Waals surface area contributed by atoms with E-state index in [1.165, 1.54) is 51.4 Å². The lowest BCUT2D eigenvalue weighted by Crippen LogP contribution is -2.51. The van der Waals surface area contributed by atoms with Gasteiger partial charge < -0.3 is 9.84 Å². The first-order valence-electron chi connectivity index (χ1n) is 15.6. The maximum absolute atomic E-state index is 12.6. The topological polar surface area (TPSA) is 58.6 Å². The minimum Gasteiger partial charge on any atom is -0.508 e. The quantitative estimate of drug-likeness (QED) is 0.277. The third-order valence-electron chi connectivity index (χ3n) is 11.6. The molecule has 0 bridgehead atoms. The summed E-state index contributed by atoms with van der Waals surface area (Å²) in [5.41, 5.74) is 2.97. The van der Waals surface area contributed by atoms with Crippen LogP contribution in [-0.2, 0) is 4.74 Å². The molecule has 0 aromatic heterocycles. The van der Waals surface area contributed by atoms with Crippen molar-refractivity contribution in [1.29, 1.82) is 0 Å². The van der Waals surface area contributed by atoms with Crippen LogP contribution in [0, 0.1) is 46.3 Å². The highest BCUT2D eigenvalue weighted by Gasteiger charge is 2.59. The zero-order valence-corrected chi connectivity index (χ0v) is 24.5. The Morgan fingerprint density at radius 3 is 2.53 bits per heavy atom. The molecule has 4 aliphatic rings. The summed E-state index contributed by atoms with van der Waals surface area (Å²) in [6, 6.07) is 6.52. The SMILES string of the molecule is CC(C)CCC[C@@H](C)[C@H]1CCC2C3CC=C4CC(OC(=O)Nc5ccc(O)cc5)CC[C@]4(C)C3CC[C@@]21C. The fourth-order valence-corrected chi connectivity index (χ4v) is 9.60. The molecular formula is C34H51NO3. The second-order valence-corrected chi connectivity index (χ2v) is 14.2. The summed E-state index contributed by atoms with van der Waals surface area (Å²) in [4.78, 5) is 12.6. The van der Waals surface area contributed by atoms with Crippen molar-refractivity contribution < 1.29 is 14.6 Å². The molecule has 4 nitrogen and oxygen atoms in total. The Morgan fingerprint density at radius 1 is 1.03 bits per heavy atom. The van der Waals surface area contributed by atoms with Gasteiger partial charge in [0.1, 0.15) is 11.9 Å². The van der Waals surface area contributed by atoms with E-state index in [0.29, 0.717) is 11.1 Å². The normalized spacial score (nSPS) is 37.0. The monoisotopic (exact) mass is 521 g/mol. The standard InChI is InChI=1S/C34H51NO3/c1-22(2)7-6-8-23(3)29-15-16-30-28-14-9-24-21-27(38-32(37)35-25-10-12-26(36)13-11-25)17-19-33(24,4)31(28)18-20-34(29,30)5/h9-13,22-23,27-31,36H,6-8,14-21H2,1-5H3,(H,35,37)/t23-,27?,28?,29-,30?,31?,33+,34-/m1/s1. The van der Waals surface area contributed by atoms with Crippen LogP contribution in [-0.4, -0.2) is 17.3 Å². The number of phenols is 1. The first kappa shape index (κ1) is 27.6. The number of phenolic OH excluding ortho intramolecular Hbond substituents is 1. The molecule has 0 spiro atoms. The van der Waals surface area contributed by atoms with Gasteiger partial charge in [-0.25, -0.2) is 4.79 Å². The van der Waals surface area contributed by atoms with Crippen molar-refractivity contribution in [2.24, 2.45) is 46.3 Å². The summed E-state index contributed by atoms with van der Waals surface area (Å²) in [6.45, 7) is 12.5. The Balaban J connectivity index is 1.21. The van der Waals surface area contributed by atoms with E-state index < -0.39 is 6.09 Å². The van der Waals surface area contributed by atoms with Gasteiger partial charge in [0.25, 0.3) is 0 Å². The molecule has 4 unspecified atom stereocenters. The van der Waals surface area contributed by atoms with E-state index in [9.17, 15) is 9.90 Å². The number of carbonyl (C=O) groups is 1. The average molecular weight is 522 g/mol. The first-order chi connectivity index (χ1) is 18.1. The predicted molar refractivity (Wildman–Crippen MR) is 155 cm³/mol. The third-order valence-corrected chi connectivity index (χ3v) is 11.6. The van der Waals surface area contributed by atoms with Crippen LogP contribution >= 0.6 is 0 Å². The lowest BCUT2D eigenvalue weighted by atomic mass is 9.47. The zero-order chi connectivity index (χ0) is 27.1. The fourth-order valence-electron chi connectivity index (χ4n) is 9.60. The van der Waals surface area contributed by atoms with E-state index in [1.807, 2.05) is 0 Å². The largest absolute Gasteiger partial charge is 0.508 e. The van der Waals surface area contributed by atoms with Crippen LogP contribution in [0.15, 0.2) is 35.9 Å². The van der Waals surface area contributed by atoms with Gasteiger partial charge in [-0.1, -0.05) is 65.5 Å². The van der Waals surface area contributed by atoms with Crippen molar-refractivity contribution in [3.05, 3.63) is 35.9 Å². The molecular weight excluding hydrogens is 470 g/mol. The molecule has 8 atom stereocenters. The van der Waals surface area contributed by atoms with Gasteiger partial charge in [0, 0.05) is 12.1 Å². The number of aromatic hydroxyl groups is 1. The van der Waals surface area contributed by atoms with E-state index in [2.05, 4.69) is 46.0 Å². The first-order valence-corrected chi connectivity index (χ1v) is 15.6. The molecule has 4 heteroatoms. The highest BCUT2D eigenvalue weighted by atomic mass is 16.6. The second-order valence-electron chi connectivity index (χ2n) is 14.2. The van der Waals surface area contributed by atoms with Gasteiger partial charge in [-0.3, -0.25) is 5.32 Å². The minimum atomic E-state index is -0.397. The third kappa shape index (κ3) is 5.26. The van der Waals surface area contributed by atoms with Gasteiger partial charge in [-0.05, 0) is 116 Å². The number of rotatable bonds is 7. The summed E-state index contributed by atoms with van der Waals surface area (Å²) in [6.07, 6.45) is 16.1. The van der Waals surface area contributed by atoms with E-state index in [4.69, 9.17) is 4.74 Å². The smallest absolute Gasteiger partial charge is 0.411 e. The molecule has 2 N–H and O–H groups in total. The summed E-state index contributed by atoms with van der Waals surface area (Å²) < 4.78 is 5.87. The van der Waals surface area contributed by atoms with Crippen LogP contribution < -0.4 is 5.32 Å². The van der Waals surface area contributed by atoms with E-state index in [1.54, 1.807) is 29.8 Å². The number of hydrogen-bond donors (Lipinski definition) is 2. The Kier molecular flexibility index (Phi) is 7.91. The van der Waals surface area contributed by atoms with Crippen molar-refractivity contribution in [3.63, 3.8) is 0 Å². The Morgan fingerprint density at radius 2 is 1.79 bits per heavy atom. The van der Waals surface area contributed by atoms with E-state index >= 15 is 0 Å². The number of allylic oxidation sites excluding steroid dienone is 1. The van der Waals surface area contributed by atoms with Gasteiger partial charge in [0.15, 0.2) is 0 Å². The number of ether oxygens (including phenoxy) is 1. The van der Waals surface area contributed by atoms with Crippen LogP contribution in [0.25, 0.3) is 0 Å². The van der Waals surface area contributed by atoms with Gasteiger partial charge in [0.05, 0.1) is 0 Å². The number of benzene rings is 1. The summed E-state index contributed by atoms with van der Waals surface area (Å²) in [5.74, 6) is 5.24. The van der Waals surface area contributed by atoms with Crippen LogP contribution in [0.1, 0.15) is 105 Å². The number of hydrogen-bond acceptors (Lipinski definition) is 3. The predicted octanol–water partition coefficient (Wildman–Crippen LogP) is 9.35. The van der Waals surface area contributed by atoms with Crippen molar-refractivity contribution in [2.75, 3.05) is 5.32 Å². The molecule has 0 saturated heterocycles. The lowest BCUT2D eigenvalue weighted by molar-refractivity contribution is -0.0577. The molecule has 4 aliphatic carbocycles. The molecule has 5 rings (SSSR count). The van der Waals surface area contributed by atoms with Crippen LogP contribution in [0.4, 0.5) is 10.5 Å². The lowest BCUT2D eigenvalue weighted by Gasteiger charge is -2.58. The second kappa shape index (κ2) is 10.9. The molecule has 3 fully saturated rings. The summed E-state index contributed by atoms with van der Waals surface area (Å²) >= 11 is 0. The van der Waals surface area contributed by atoms with Gasteiger partial charge in [0.2, 0.25) is 0 Å².